The van der Waals surface area contributed by atoms with E-state index in [1.807, 2.05) is 37.3 Å². The Morgan fingerprint density at radius 2 is 1.37 bits per heavy atom. The summed E-state index contributed by atoms with van der Waals surface area (Å²) in [7, 11) is 0. The number of amides is 2. The van der Waals surface area contributed by atoms with Crippen LogP contribution in [0.15, 0.2) is 103 Å². The summed E-state index contributed by atoms with van der Waals surface area (Å²) >= 11 is 0. The minimum absolute atomic E-state index is 0.0780. The monoisotopic (exact) mass is 552 g/mol. The van der Waals surface area contributed by atoms with Gasteiger partial charge in [0.15, 0.2) is 0 Å². The fourth-order valence-electron chi connectivity index (χ4n) is 4.76. The van der Waals surface area contributed by atoms with Gasteiger partial charge < -0.3 is 15.3 Å². The Kier molecular flexibility index (Phi) is 9.99. The van der Waals surface area contributed by atoms with Gasteiger partial charge >= 0.3 is 5.97 Å². The minimum atomic E-state index is -0.976. The fourth-order valence-corrected chi connectivity index (χ4v) is 4.76. The Hall–Kier alpha value is -4.78. The molecule has 0 radical (unpaired) electrons. The summed E-state index contributed by atoms with van der Waals surface area (Å²) in [6.45, 7) is 2.29. The number of nitrogens with one attached hydrogen (secondary N) is 1. The zero-order chi connectivity index (χ0) is 29.2. The molecule has 0 aliphatic heterocycles. The van der Waals surface area contributed by atoms with Gasteiger partial charge in [0, 0.05) is 24.2 Å². The van der Waals surface area contributed by atoms with E-state index in [0.29, 0.717) is 35.2 Å². The number of rotatable bonds is 12. The number of carbonyl (C=O) groups is 3. The van der Waals surface area contributed by atoms with Crippen LogP contribution in [0.3, 0.4) is 0 Å². The lowest BCUT2D eigenvalue weighted by Crippen LogP contribution is -2.34. The van der Waals surface area contributed by atoms with Crippen LogP contribution in [0.5, 0.6) is 0 Å². The quantitative estimate of drug-likeness (QED) is 0.209. The van der Waals surface area contributed by atoms with Crippen molar-refractivity contribution in [2.75, 3.05) is 13.1 Å². The molecule has 0 fully saturated rings. The van der Waals surface area contributed by atoms with Gasteiger partial charge in [0.1, 0.15) is 5.82 Å². The molecule has 2 amide bonds. The van der Waals surface area contributed by atoms with Gasteiger partial charge in [-0.25, -0.2) is 4.39 Å². The molecule has 2 N–H and O–H groups in total. The number of nitrogens with zero attached hydrogens (tertiary/aromatic N) is 1. The second-order valence-electron chi connectivity index (χ2n) is 9.86. The van der Waals surface area contributed by atoms with Gasteiger partial charge in [0.05, 0.1) is 12.5 Å². The minimum Gasteiger partial charge on any atom is -0.481 e. The highest BCUT2D eigenvalue weighted by Crippen LogP contribution is 2.29. The van der Waals surface area contributed by atoms with Crippen molar-refractivity contribution in [2.24, 2.45) is 0 Å². The van der Waals surface area contributed by atoms with Crippen LogP contribution in [0.1, 0.15) is 57.7 Å². The van der Waals surface area contributed by atoms with E-state index in [0.717, 1.165) is 17.5 Å². The number of carbonyl (C=O) groups excluding carboxylic acids is 2. The molecule has 6 nitrogen and oxygen atoms in total. The summed E-state index contributed by atoms with van der Waals surface area (Å²) in [5.74, 6) is -1.94. The van der Waals surface area contributed by atoms with Crippen LogP contribution < -0.4 is 5.32 Å². The second-order valence-corrected chi connectivity index (χ2v) is 9.86. The Morgan fingerprint density at radius 1 is 0.780 bits per heavy atom. The van der Waals surface area contributed by atoms with E-state index in [1.54, 1.807) is 65.6 Å². The van der Waals surface area contributed by atoms with Crippen molar-refractivity contribution in [3.05, 3.63) is 131 Å². The van der Waals surface area contributed by atoms with Gasteiger partial charge in [-0.05, 0) is 66.3 Å². The molecule has 0 heterocycles. The van der Waals surface area contributed by atoms with Gasteiger partial charge in [-0.3, -0.25) is 14.4 Å². The highest BCUT2D eigenvalue weighted by molar-refractivity contribution is 6.06. The molecule has 0 spiro atoms. The molecule has 0 aliphatic carbocycles. The van der Waals surface area contributed by atoms with Crippen LogP contribution in [0.25, 0.3) is 11.1 Å². The standard InChI is InChI=1S/C34H33FN2O4/c1-24(26-17-19-27(35)20-18-26)36-33(40)30-15-7-5-13-28(30)29-14-6-8-16-31(29)34(41)37(23-21-32(38)39)22-9-12-25-10-3-2-4-11-25/h2-8,10-11,13-20,24H,9,12,21-23H2,1H3,(H,36,40)(H,38,39). The summed E-state index contributed by atoms with van der Waals surface area (Å²) in [5, 5.41) is 12.3. The van der Waals surface area contributed by atoms with Crippen molar-refractivity contribution in [1.82, 2.24) is 10.2 Å². The maximum atomic E-state index is 13.9. The third-order valence-electron chi connectivity index (χ3n) is 6.96. The summed E-state index contributed by atoms with van der Waals surface area (Å²) in [6, 6.07) is 29.6. The van der Waals surface area contributed by atoms with Crippen LogP contribution >= 0.6 is 0 Å². The molecule has 0 saturated heterocycles. The Labute approximate surface area is 239 Å². The van der Waals surface area contributed by atoms with Crippen molar-refractivity contribution >= 4 is 17.8 Å². The predicted molar refractivity (Wildman–Crippen MR) is 157 cm³/mol. The lowest BCUT2D eigenvalue weighted by Gasteiger charge is -2.24. The predicted octanol–water partition coefficient (Wildman–Crippen LogP) is 6.53. The molecule has 41 heavy (non-hydrogen) atoms. The van der Waals surface area contributed by atoms with E-state index in [4.69, 9.17) is 0 Å². The van der Waals surface area contributed by atoms with Crippen LogP contribution in [0, 0.1) is 5.82 Å². The molecule has 0 aromatic heterocycles. The lowest BCUT2D eigenvalue weighted by molar-refractivity contribution is -0.137. The largest absolute Gasteiger partial charge is 0.481 e. The normalized spacial score (nSPS) is 11.5. The summed E-state index contributed by atoms with van der Waals surface area (Å²) in [4.78, 5) is 40.2. The summed E-state index contributed by atoms with van der Waals surface area (Å²) in [6.07, 6.45) is 1.27. The maximum Gasteiger partial charge on any atom is 0.305 e. The average Bonchev–Trinajstić information content (AvgIpc) is 2.99. The smallest absolute Gasteiger partial charge is 0.305 e. The van der Waals surface area contributed by atoms with Crippen molar-refractivity contribution in [2.45, 2.75) is 32.2 Å². The molecule has 4 aromatic carbocycles. The maximum absolute atomic E-state index is 13.9. The molecule has 0 aliphatic rings. The first-order valence-corrected chi connectivity index (χ1v) is 13.6. The topological polar surface area (TPSA) is 86.7 Å². The number of aliphatic carboxylic acids is 1. The molecule has 0 bridgehead atoms. The third-order valence-corrected chi connectivity index (χ3v) is 6.96. The van der Waals surface area contributed by atoms with Gasteiger partial charge in [-0.2, -0.15) is 0 Å². The molecule has 7 heteroatoms. The van der Waals surface area contributed by atoms with Crippen LogP contribution in [-0.2, 0) is 11.2 Å². The number of hydrogen-bond acceptors (Lipinski definition) is 3. The Morgan fingerprint density at radius 3 is 2.02 bits per heavy atom. The van der Waals surface area contributed by atoms with Gasteiger partial charge in [-0.15, -0.1) is 0 Å². The highest BCUT2D eigenvalue weighted by Gasteiger charge is 2.23. The second kappa shape index (κ2) is 14.0. The van der Waals surface area contributed by atoms with Crippen LogP contribution in [0.2, 0.25) is 0 Å². The van der Waals surface area contributed by atoms with Gasteiger partial charge in [0.25, 0.3) is 11.8 Å². The molecule has 4 rings (SSSR count). The van der Waals surface area contributed by atoms with E-state index >= 15 is 0 Å². The SMILES string of the molecule is CC(NC(=O)c1ccccc1-c1ccccc1C(=O)N(CCCc1ccccc1)CCC(=O)O)c1ccc(F)cc1. The first-order chi connectivity index (χ1) is 19.8. The fraction of sp³-hybridized carbons (Fsp3) is 0.206. The number of hydrogen-bond donors (Lipinski definition) is 2. The molecule has 1 unspecified atom stereocenters. The number of carboxylic acid groups (broad SMARTS) is 1. The number of aryl methyl sites for hydroxylation is 1. The van der Waals surface area contributed by atoms with E-state index in [1.165, 1.54) is 12.1 Å². The van der Waals surface area contributed by atoms with Crippen molar-refractivity contribution in [3.63, 3.8) is 0 Å². The van der Waals surface area contributed by atoms with Gasteiger partial charge in [-0.1, -0.05) is 78.9 Å². The van der Waals surface area contributed by atoms with Crippen LogP contribution in [-0.4, -0.2) is 40.9 Å². The molecule has 1 atom stereocenters. The number of carboxylic acids is 1. The Bertz CT molecular complexity index is 1490. The number of benzene rings is 4. The molecule has 210 valence electrons. The first kappa shape index (κ1) is 29.2. The van der Waals surface area contributed by atoms with E-state index in [9.17, 15) is 23.9 Å². The molecular weight excluding hydrogens is 519 g/mol. The van der Waals surface area contributed by atoms with Crippen molar-refractivity contribution in [3.8, 4) is 11.1 Å². The number of halogens is 1. The summed E-state index contributed by atoms with van der Waals surface area (Å²) < 4.78 is 13.4. The lowest BCUT2D eigenvalue weighted by atomic mass is 9.94. The van der Waals surface area contributed by atoms with Crippen molar-refractivity contribution < 1.29 is 23.9 Å². The Balaban J connectivity index is 1.58. The highest BCUT2D eigenvalue weighted by atomic mass is 19.1. The van der Waals surface area contributed by atoms with E-state index in [-0.39, 0.29) is 36.6 Å². The zero-order valence-corrected chi connectivity index (χ0v) is 22.9. The van der Waals surface area contributed by atoms with E-state index < -0.39 is 5.97 Å². The van der Waals surface area contributed by atoms with Crippen LogP contribution in [0.4, 0.5) is 4.39 Å². The molecule has 0 saturated carbocycles. The third kappa shape index (κ3) is 7.88. The van der Waals surface area contributed by atoms with Gasteiger partial charge in [0.2, 0.25) is 0 Å². The first-order valence-electron chi connectivity index (χ1n) is 13.6. The molecule has 4 aromatic rings. The molecular formula is C34H33FN2O4. The van der Waals surface area contributed by atoms with Crippen molar-refractivity contribution in [1.29, 1.82) is 0 Å². The van der Waals surface area contributed by atoms with E-state index in [2.05, 4.69) is 5.32 Å². The average molecular weight is 553 g/mol. The summed E-state index contributed by atoms with van der Waals surface area (Å²) in [5.41, 5.74) is 3.86. The zero-order valence-electron chi connectivity index (χ0n) is 22.9.